The summed E-state index contributed by atoms with van der Waals surface area (Å²) in [5.74, 6) is -2.00. The fourth-order valence-electron chi connectivity index (χ4n) is 1.31. The van der Waals surface area contributed by atoms with E-state index >= 15 is 0 Å². The summed E-state index contributed by atoms with van der Waals surface area (Å²) in [5.41, 5.74) is -0.274. The van der Waals surface area contributed by atoms with Gasteiger partial charge in [0.1, 0.15) is 28.9 Å². The van der Waals surface area contributed by atoms with Gasteiger partial charge in [-0.05, 0) is 6.08 Å². The Bertz CT molecular complexity index is 578. The second-order valence-corrected chi connectivity index (χ2v) is 4.54. The Morgan fingerprint density at radius 3 is 2.56 bits per heavy atom. The molecule has 0 aromatic heterocycles. The lowest BCUT2D eigenvalue weighted by Gasteiger charge is -2.16. The first-order valence-electron chi connectivity index (χ1n) is 4.15. The summed E-state index contributed by atoms with van der Waals surface area (Å²) in [6.07, 6.45) is 0.795. The van der Waals surface area contributed by atoms with Gasteiger partial charge in [0.2, 0.25) is 0 Å². The van der Waals surface area contributed by atoms with Crippen LogP contribution in [-0.2, 0) is 10.2 Å². The second kappa shape index (κ2) is 3.51. The van der Waals surface area contributed by atoms with Crippen molar-refractivity contribution in [2.45, 2.75) is 0 Å². The van der Waals surface area contributed by atoms with Crippen LogP contribution >= 0.6 is 0 Å². The van der Waals surface area contributed by atoms with Crippen LogP contribution in [0.4, 0.5) is 12.7 Å². The highest BCUT2D eigenvalue weighted by Gasteiger charge is 2.24. The highest BCUT2D eigenvalue weighted by molar-refractivity contribution is 7.90. The second-order valence-electron chi connectivity index (χ2n) is 3.14. The molecule has 1 heterocycles. The van der Waals surface area contributed by atoms with E-state index in [0.29, 0.717) is 6.07 Å². The molecule has 0 aliphatic carbocycles. The highest BCUT2D eigenvalue weighted by atomic mass is 32.3. The summed E-state index contributed by atoms with van der Waals surface area (Å²) in [5, 5.41) is 0. The van der Waals surface area contributed by atoms with Crippen molar-refractivity contribution in [1.82, 2.24) is 0 Å². The molecule has 0 atom stereocenters. The Hall–Kier alpha value is -1.50. The molecule has 3 nitrogen and oxygen atoms in total. The van der Waals surface area contributed by atoms with Crippen LogP contribution in [0.15, 0.2) is 17.0 Å². The van der Waals surface area contributed by atoms with Crippen molar-refractivity contribution >= 4 is 16.3 Å². The van der Waals surface area contributed by atoms with Crippen molar-refractivity contribution < 1.29 is 25.8 Å². The molecule has 0 saturated heterocycles. The van der Waals surface area contributed by atoms with E-state index in [0.717, 1.165) is 12.1 Å². The van der Waals surface area contributed by atoms with Crippen LogP contribution in [0.25, 0.3) is 6.08 Å². The molecule has 86 valence electrons. The molecule has 0 spiro atoms. The Labute approximate surface area is 89.4 Å². The largest absolute Gasteiger partial charge is 0.487 e. The van der Waals surface area contributed by atoms with Crippen LogP contribution in [0, 0.1) is 11.6 Å². The van der Waals surface area contributed by atoms with E-state index in [4.69, 9.17) is 4.74 Å². The molecule has 1 aromatic rings. The van der Waals surface area contributed by atoms with E-state index in [2.05, 4.69) is 0 Å². The summed E-state index contributed by atoms with van der Waals surface area (Å²) in [6, 6.07) is 1.46. The van der Waals surface area contributed by atoms with Gasteiger partial charge in [-0.25, -0.2) is 8.78 Å². The summed E-state index contributed by atoms with van der Waals surface area (Å²) in [4.78, 5) is -0.689. The van der Waals surface area contributed by atoms with Crippen molar-refractivity contribution in [3.8, 4) is 5.75 Å². The average molecular weight is 250 g/mol. The van der Waals surface area contributed by atoms with Gasteiger partial charge in [0.25, 0.3) is 0 Å². The van der Waals surface area contributed by atoms with Crippen LogP contribution in [0.2, 0.25) is 0 Å². The number of hydrogen-bond donors (Lipinski definition) is 0. The van der Waals surface area contributed by atoms with Gasteiger partial charge in [-0.3, -0.25) is 0 Å². The minimum Gasteiger partial charge on any atom is -0.487 e. The monoisotopic (exact) mass is 250 g/mol. The van der Waals surface area contributed by atoms with Crippen LogP contribution in [0.5, 0.6) is 5.75 Å². The first kappa shape index (κ1) is 11.0. The first-order chi connectivity index (χ1) is 7.38. The summed E-state index contributed by atoms with van der Waals surface area (Å²) in [7, 11) is -4.92. The SMILES string of the molecule is O=S(=O)(F)C1=Cc2c(F)cc(F)cc2OC1. The molecule has 0 fully saturated rings. The van der Waals surface area contributed by atoms with E-state index in [1.807, 2.05) is 0 Å². The zero-order chi connectivity index (χ0) is 11.9. The maximum Gasteiger partial charge on any atom is 0.331 e. The molecular weight excluding hydrogens is 245 g/mol. The van der Waals surface area contributed by atoms with Crippen molar-refractivity contribution in [1.29, 1.82) is 0 Å². The van der Waals surface area contributed by atoms with Gasteiger partial charge in [0.05, 0.1) is 5.56 Å². The molecule has 1 aliphatic rings. The maximum absolute atomic E-state index is 13.2. The molecule has 0 N–H and O–H groups in total. The molecule has 0 radical (unpaired) electrons. The van der Waals surface area contributed by atoms with Crippen LogP contribution in [-0.4, -0.2) is 15.0 Å². The highest BCUT2D eigenvalue weighted by Crippen LogP contribution is 2.31. The number of rotatable bonds is 1. The molecule has 0 saturated carbocycles. The zero-order valence-corrected chi connectivity index (χ0v) is 8.52. The average Bonchev–Trinajstić information content (AvgIpc) is 2.15. The predicted molar refractivity (Wildman–Crippen MR) is 49.9 cm³/mol. The van der Waals surface area contributed by atoms with Crippen LogP contribution in [0.3, 0.4) is 0 Å². The molecule has 7 heteroatoms. The first-order valence-corrected chi connectivity index (χ1v) is 5.53. The minimum atomic E-state index is -4.92. The summed E-state index contributed by atoms with van der Waals surface area (Å²) in [6.45, 7) is -0.575. The fraction of sp³-hybridized carbons (Fsp3) is 0.111. The Morgan fingerprint density at radius 1 is 1.25 bits per heavy atom. The van der Waals surface area contributed by atoms with E-state index in [9.17, 15) is 21.1 Å². The normalized spacial score (nSPS) is 15.1. The lowest BCUT2D eigenvalue weighted by Crippen LogP contribution is -2.13. The Morgan fingerprint density at radius 2 is 1.94 bits per heavy atom. The van der Waals surface area contributed by atoms with Crippen LogP contribution in [0.1, 0.15) is 5.56 Å². The van der Waals surface area contributed by atoms with Gasteiger partial charge < -0.3 is 4.74 Å². The van der Waals surface area contributed by atoms with Gasteiger partial charge >= 0.3 is 10.2 Å². The molecule has 2 rings (SSSR count). The quantitative estimate of drug-likeness (QED) is 0.716. The van der Waals surface area contributed by atoms with Crippen LogP contribution < -0.4 is 4.74 Å². The maximum atomic E-state index is 13.2. The van der Waals surface area contributed by atoms with Crippen molar-refractivity contribution in [3.05, 3.63) is 34.2 Å². The van der Waals surface area contributed by atoms with Gasteiger partial charge in [-0.1, -0.05) is 0 Å². The lowest BCUT2D eigenvalue weighted by atomic mass is 10.1. The van der Waals surface area contributed by atoms with Gasteiger partial charge in [0.15, 0.2) is 0 Å². The summed E-state index contributed by atoms with van der Waals surface area (Å²) >= 11 is 0. The summed E-state index contributed by atoms with van der Waals surface area (Å²) < 4.78 is 64.5. The third kappa shape index (κ3) is 1.90. The van der Waals surface area contributed by atoms with E-state index in [-0.39, 0.29) is 11.3 Å². The Balaban J connectivity index is 2.61. The molecule has 0 amide bonds. The van der Waals surface area contributed by atoms with E-state index in [1.165, 1.54) is 0 Å². The minimum absolute atomic E-state index is 0.148. The predicted octanol–water partition coefficient (Wildman–Crippen LogP) is 2.00. The molecular formula is C9H5F3O3S. The third-order valence-corrected chi connectivity index (χ3v) is 2.91. The standard InChI is InChI=1S/C9H5F3O3S/c10-5-1-8(11)7-3-6(16(12,13)14)4-15-9(7)2-5/h1-3H,4H2. The van der Waals surface area contributed by atoms with E-state index < -0.39 is 33.4 Å². The van der Waals surface area contributed by atoms with Gasteiger partial charge in [-0.15, -0.1) is 3.89 Å². The molecule has 1 aromatic carbocycles. The number of halogens is 3. The fourth-order valence-corrected chi connectivity index (χ4v) is 1.77. The van der Waals surface area contributed by atoms with Crippen molar-refractivity contribution in [2.24, 2.45) is 0 Å². The molecule has 0 unspecified atom stereocenters. The molecule has 1 aliphatic heterocycles. The van der Waals surface area contributed by atoms with Crippen molar-refractivity contribution in [2.75, 3.05) is 6.61 Å². The van der Waals surface area contributed by atoms with Gasteiger partial charge in [-0.2, -0.15) is 8.42 Å². The topological polar surface area (TPSA) is 43.4 Å². The zero-order valence-electron chi connectivity index (χ0n) is 7.71. The number of fused-ring (bicyclic) bond motifs is 1. The smallest absolute Gasteiger partial charge is 0.331 e. The number of benzene rings is 1. The number of hydrogen-bond acceptors (Lipinski definition) is 3. The van der Waals surface area contributed by atoms with E-state index in [1.54, 1.807) is 0 Å². The Kier molecular flexibility index (Phi) is 2.42. The lowest BCUT2D eigenvalue weighted by molar-refractivity contribution is 0.346. The molecule has 16 heavy (non-hydrogen) atoms. The van der Waals surface area contributed by atoms with Crippen molar-refractivity contribution in [3.63, 3.8) is 0 Å². The van der Waals surface area contributed by atoms with Gasteiger partial charge in [0, 0.05) is 12.1 Å². The number of ether oxygens (including phenoxy) is 1. The third-order valence-electron chi connectivity index (χ3n) is 2.04. The molecule has 0 bridgehead atoms.